The minimum Gasteiger partial charge on any atom is -0.507 e. The molecule has 1 fully saturated rings. The van der Waals surface area contributed by atoms with Crippen LogP contribution in [0.15, 0.2) is 54.6 Å². The molecule has 1 amide bonds. The third kappa shape index (κ3) is 5.28. The van der Waals surface area contributed by atoms with Crippen LogP contribution in [-0.2, 0) is 4.74 Å². The number of nitrogens with zero attached hydrogens (tertiary/aromatic N) is 3. The van der Waals surface area contributed by atoms with E-state index in [1.807, 2.05) is 29.2 Å². The fraction of sp³-hybridized carbons (Fsp3) is 0.192. The highest BCUT2D eigenvalue weighted by Gasteiger charge is 2.23. The van der Waals surface area contributed by atoms with E-state index in [-0.39, 0.29) is 22.1 Å². The number of para-hydroxylation sites is 1. The van der Waals surface area contributed by atoms with Crippen molar-refractivity contribution in [1.29, 1.82) is 0 Å². The van der Waals surface area contributed by atoms with Crippen LogP contribution >= 0.6 is 23.6 Å². The Kier molecular flexibility index (Phi) is 7.18. The van der Waals surface area contributed by atoms with Gasteiger partial charge in [-0.15, -0.1) is 11.3 Å². The van der Waals surface area contributed by atoms with Gasteiger partial charge in [0.2, 0.25) is 0 Å². The number of amides is 1. The number of benzene rings is 3. The first-order chi connectivity index (χ1) is 18.3. The summed E-state index contributed by atoms with van der Waals surface area (Å²) >= 11 is 6.86. The van der Waals surface area contributed by atoms with Crippen molar-refractivity contribution in [3.8, 4) is 16.3 Å². The van der Waals surface area contributed by atoms with Gasteiger partial charge in [0.25, 0.3) is 11.6 Å². The zero-order chi connectivity index (χ0) is 26.8. The average molecular weight is 550 g/mol. The van der Waals surface area contributed by atoms with Crippen molar-refractivity contribution in [2.24, 2.45) is 0 Å². The minimum atomic E-state index is -0.574. The van der Waals surface area contributed by atoms with Crippen molar-refractivity contribution in [3.63, 3.8) is 0 Å². The van der Waals surface area contributed by atoms with Gasteiger partial charge in [0, 0.05) is 30.9 Å². The maximum absolute atomic E-state index is 13.2. The smallest absolute Gasteiger partial charge is 0.270 e. The molecule has 0 radical (unpaired) electrons. The number of aryl methyl sites for hydroxylation is 1. The van der Waals surface area contributed by atoms with Crippen molar-refractivity contribution in [3.05, 3.63) is 75.8 Å². The van der Waals surface area contributed by atoms with Crippen molar-refractivity contribution >= 4 is 61.9 Å². The number of fused-ring (bicyclic) bond motifs is 1. The van der Waals surface area contributed by atoms with Crippen LogP contribution in [0.2, 0.25) is 0 Å². The fourth-order valence-corrected chi connectivity index (χ4v) is 5.43. The molecular formula is C26H23N5O5S2. The number of phenolic OH excluding ortho intramolecular Hbond substituents is 1. The third-order valence-corrected chi connectivity index (χ3v) is 7.37. The molecule has 4 aromatic rings. The van der Waals surface area contributed by atoms with E-state index in [1.165, 1.54) is 23.5 Å². The summed E-state index contributed by atoms with van der Waals surface area (Å²) in [6.07, 6.45) is 0. The predicted octanol–water partition coefficient (Wildman–Crippen LogP) is 4.85. The van der Waals surface area contributed by atoms with Crippen LogP contribution in [0.5, 0.6) is 5.75 Å². The van der Waals surface area contributed by atoms with Gasteiger partial charge in [-0.05, 0) is 55.0 Å². The van der Waals surface area contributed by atoms with E-state index in [0.717, 1.165) is 10.2 Å². The lowest BCUT2D eigenvalue weighted by Crippen LogP contribution is -2.39. The lowest BCUT2D eigenvalue weighted by Gasteiger charge is -2.30. The Bertz CT molecular complexity index is 1530. The van der Waals surface area contributed by atoms with Gasteiger partial charge >= 0.3 is 0 Å². The van der Waals surface area contributed by atoms with Gasteiger partial charge in [0.15, 0.2) is 5.11 Å². The van der Waals surface area contributed by atoms with Crippen LogP contribution in [-0.4, -0.2) is 52.3 Å². The number of phenols is 1. The molecule has 1 aliphatic heterocycles. The first-order valence-corrected chi connectivity index (χ1v) is 13.0. The zero-order valence-electron chi connectivity index (χ0n) is 20.3. The Hall–Kier alpha value is -4.13. The summed E-state index contributed by atoms with van der Waals surface area (Å²) in [4.78, 5) is 30.6. The monoisotopic (exact) mass is 549 g/mol. The number of non-ortho nitro benzene ring substituents is 1. The van der Waals surface area contributed by atoms with Crippen LogP contribution in [0.1, 0.15) is 15.9 Å². The number of nitro benzene ring substituents is 1. The molecule has 1 aromatic heterocycles. The SMILES string of the molecule is Cc1cc(NC(=S)NC(=O)c2cc([N+](=O)[O-])ccc2N2CCOCC2)cc(-c2nc3ccccc3s2)c1O. The van der Waals surface area contributed by atoms with Crippen LogP contribution in [0.25, 0.3) is 20.8 Å². The Balaban J connectivity index is 1.38. The number of nitro groups is 1. The molecule has 1 aliphatic rings. The number of ether oxygens (including phenoxy) is 1. The Labute approximate surface area is 227 Å². The van der Waals surface area contributed by atoms with Crippen LogP contribution in [0, 0.1) is 17.0 Å². The van der Waals surface area contributed by atoms with Crippen LogP contribution < -0.4 is 15.5 Å². The fourth-order valence-electron chi connectivity index (χ4n) is 4.23. The summed E-state index contributed by atoms with van der Waals surface area (Å²) in [6, 6.07) is 15.3. The molecule has 38 heavy (non-hydrogen) atoms. The van der Waals surface area contributed by atoms with Gasteiger partial charge < -0.3 is 20.1 Å². The molecule has 0 aliphatic carbocycles. The summed E-state index contributed by atoms with van der Waals surface area (Å²) in [7, 11) is 0. The maximum Gasteiger partial charge on any atom is 0.270 e. The number of thiocarbonyl (C=S) groups is 1. The normalized spacial score (nSPS) is 13.3. The van der Waals surface area contributed by atoms with Gasteiger partial charge in [0.05, 0.1) is 45.2 Å². The molecule has 0 saturated carbocycles. The Morgan fingerprint density at radius 3 is 2.68 bits per heavy atom. The molecule has 3 aromatic carbocycles. The largest absolute Gasteiger partial charge is 0.507 e. The maximum atomic E-state index is 13.2. The number of aromatic nitrogens is 1. The minimum absolute atomic E-state index is 0.00905. The van der Waals surface area contributed by atoms with Crippen molar-refractivity contribution in [2.45, 2.75) is 6.92 Å². The number of morpholine rings is 1. The van der Waals surface area contributed by atoms with E-state index < -0.39 is 10.8 Å². The quantitative estimate of drug-likeness (QED) is 0.138. The van der Waals surface area contributed by atoms with Crippen molar-refractivity contribution < 1.29 is 19.6 Å². The van der Waals surface area contributed by atoms with E-state index in [0.29, 0.717) is 53.8 Å². The summed E-state index contributed by atoms with van der Waals surface area (Å²) in [5.74, 6) is -0.467. The van der Waals surface area contributed by atoms with E-state index in [4.69, 9.17) is 17.0 Å². The highest BCUT2D eigenvalue weighted by Crippen LogP contribution is 2.39. The van der Waals surface area contributed by atoms with Gasteiger partial charge in [0.1, 0.15) is 10.8 Å². The second kappa shape index (κ2) is 10.7. The second-order valence-electron chi connectivity index (χ2n) is 8.64. The molecule has 194 valence electrons. The molecule has 2 heterocycles. The van der Waals surface area contributed by atoms with Gasteiger partial charge in [-0.1, -0.05) is 12.1 Å². The predicted molar refractivity (Wildman–Crippen MR) is 151 cm³/mol. The standard InChI is InChI=1S/C26H23N5O5S2/c1-15-12-16(13-19(23(15)32)25-28-20-4-2-3-5-22(20)38-25)27-26(37)29-24(33)18-14-17(31(34)35)6-7-21(18)30-8-10-36-11-9-30/h2-7,12-14,32H,8-11H2,1H3,(H2,27,29,33,37). The molecule has 0 spiro atoms. The van der Waals surface area contributed by atoms with Gasteiger partial charge in [-0.2, -0.15) is 0 Å². The number of carbonyl (C=O) groups is 1. The third-order valence-electron chi connectivity index (χ3n) is 6.10. The molecule has 10 nitrogen and oxygen atoms in total. The highest BCUT2D eigenvalue weighted by molar-refractivity contribution is 7.80. The molecule has 0 atom stereocenters. The molecule has 0 bridgehead atoms. The molecular weight excluding hydrogens is 526 g/mol. The summed E-state index contributed by atoms with van der Waals surface area (Å²) in [5.41, 5.74) is 3.04. The van der Waals surface area contributed by atoms with E-state index in [2.05, 4.69) is 15.6 Å². The molecule has 3 N–H and O–H groups in total. The lowest BCUT2D eigenvalue weighted by molar-refractivity contribution is -0.384. The highest BCUT2D eigenvalue weighted by atomic mass is 32.1. The number of hydrogen-bond donors (Lipinski definition) is 3. The van der Waals surface area contributed by atoms with E-state index in [1.54, 1.807) is 25.1 Å². The molecule has 5 rings (SSSR count). The van der Waals surface area contributed by atoms with Crippen LogP contribution in [0.3, 0.4) is 0 Å². The summed E-state index contributed by atoms with van der Waals surface area (Å²) in [5, 5.41) is 28.4. The molecule has 1 saturated heterocycles. The molecule has 12 heteroatoms. The first kappa shape index (κ1) is 25.5. The van der Waals surface area contributed by atoms with Gasteiger partial charge in [-0.25, -0.2) is 4.98 Å². The number of carbonyl (C=O) groups excluding carboxylic acids is 1. The summed E-state index contributed by atoms with van der Waals surface area (Å²) < 4.78 is 6.38. The Morgan fingerprint density at radius 2 is 1.95 bits per heavy atom. The summed E-state index contributed by atoms with van der Waals surface area (Å²) in [6.45, 7) is 3.87. The Morgan fingerprint density at radius 1 is 1.18 bits per heavy atom. The average Bonchev–Trinajstić information content (AvgIpc) is 3.35. The zero-order valence-corrected chi connectivity index (χ0v) is 21.9. The topological polar surface area (TPSA) is 130 Å². The number of thiazole rings is 1. The van der Waals surface area contributed by atoms with E-state index >= 15 is 0 Å². The number of anilines is 2. The number of aromatic hydroxyl groups is 1. The van der Waals surface area contributed by atoms with Gasteiger partial charge in [-0.3, -0.25) is 20.2 Å². The number of hydrogen-bond acceptors (Lipinski definition) is 9. The number of rotatable bonds is 5. The van der Waals surface area contributed by atoms with Crippen molar-refractivity contribution in [1.82, 2.24) is 10.3 Å². The molecule has 0 unspecified atom stereocenters. The second-order valence-corrected chi connectivity index (χ2v) is 10.1. The first-order valence-electron chi connectivity index (χ1n) is 11.7. The lowest BCUT2D eigenvalue weighted by atomic mass is 10.1. The van der Waals surface area contributed by atoms with Crippen LogP contribution in [0.4, 0.5) is 17.1 Å². The number of nitrogens with one attached hydrogen (secondary N) is 2. The van der Waals surface area contributed by atoms with Crippen molar-refractivity contribution in [2.75, 3.05) is 36.5 Å². The van der Waals surface area contributed by atoms with E-state index in [9.17, 15) is 20.0 Å².